The van der Waals surface area contributed by atoms with E-state index in [4.69, 9.17) is 8.83 Å². The van der Waals surface area contributed by atoms with Gasteiger partial charge in [0.25, 0.3) is 0 Å². The molecule has 130 valence electrons. The Morgan fingerprint density at radius 3 is 2.46 bits per heavy atom. The van der Waals surface area contributed by atoms with Crippen LogP contribution in [0.1, 0.15) is 23.9 Å². The lowest BCUT2D eigenvalue weighted by atomic mass is 9.82. The van der Waals surface area contributed by atoms with E-state index in [1.54, 1.807) is 18.6 Å². The van der Waals surface area contributed by atoms with Crippen molar-refractivity contribution in [3.63, 3.8) is 0 Å². The minimum Gasteiger partial charge on any atom is -0.508 e. The van der Waals surface area contributed by atoms with Crippen molar-refractivity contribution < 1.29 is 13.9 Å². The molecule has 1 unspecified atom stereocenters. The quantitative estimate of drug-likeness (QED) is 0.606. The number of furan rings is 2. The van der Waals surface area contributed by atoms with Gasteiger partial charge < -0.3 is 19.3 Å². The number of rotatable bonds is 5. The Kier molecular flexibility index (Phi) is 4.23. The van der Waals surface area contributed by atoms with E-state index < -0.39 is 0 Å². The topological polar surface area (TPSA) is 58.5 Å². The average Bonchev–Trinajstić information content (AvgIpc) is 3.35. The summed E-state index contributed by atoms with van der Waals surface area (Å²) >= 11 is 0. The van der Waals surface area contributed by atoms with Gasteiger partial charge in [0, 0.05) is 17.0 Å². The van der Waals surface area contributed by atoms with Crippen molar-refractivity contribution in [3.8, 4) is 0 Å². The lowest BCUT2D eigenvalue weighted by molar-refractivity contribution is 0.407. The molecule has 1 atom stereocenters. The molecule has 0 amide bonds. The molecule has 0 radical (unpaired) electrons. The van der Waals surface area contributed by atoms with Gasteiger partial charge in [0.2, 0.25) is 0 Å². The number of nitrogens with one attached hydrogen (secondary N) is 1. The van der Waals surface area contributed by atoms with E-state index in [0.717, 1.165) is 28.4 Å². The summed E-state index contributed by atoms with van der Waals surface area (Å²) < 4.78 is 11.2. The number of allylic oxidation sites excluding steroid dienone is 3. The van der Waals surface area contributed by atoms with E-state index in [9.17, 15) is 5.11 Å². The maximum Gasteiger partial charge on any atom is 0.129 e. The van der Waals surface area contributed by atoms with Crippen LogP contribution < -0.4 is 5.32 Å². The molecular weight excluding hydrogens is 326 g/mol. The summed E-state index contributed by atoms with van der Waals surface area (Å²) in [6.07, 6.45) is 5.66. The van der Waals surface area contributed by atoms with E-state index in [2.05, 4.69) is 11.9 Å². The number of hydrogen-bond donors (Lipinski definition) is 2. The number of hydrogen-bond acceptors (Lipinski definition) is 4. The molecule has 4 heteroatoms. The molecule has 0 bridgehead atoms. The number of aliphatic hydroxyl groups excluding tert-OH is 1. The van der Waals surface area contributed by atoms with Crippen LogP contribution in [-0.2, 0) is 0 Å². The van der Waals surface area contributed by atoms with Crippen molar-refractivity contribution in [2.24, 2.45) is 0 Å². The first-order valence-electron chi connectivity index (χ1n) is 8.44. The Morgan fingerprint density at radius 1 is 1.00 bits per heavy atom. The molecule has 1 aliphatic carbocycles. The number of aliphatic hydroxyl groups is 1. The number of para-hydroxylation sites is 1. The third-order valence-corrected chi connectivity index (χ3v) is 4.48. The van der Waals surface area contributed by atoms with Crippen LogP contribution in [0.5, 0.6) is 0 Å². The van der Waals surface area contributed by atoms with Crippen molar-refractivity contribution in [3.05, 3.63) is 108 Å². The Morgan fingerprint density at radius 2 is 1.77 bits per heavy atom. The monoisotopic (exact) mass is 345 g/mol. The predicted molar refractivity (Wildman–Crippen MR) is 102 cm³/mol. The van der Waals surface area contributed by atoms with Crippen LogP contribution in [0.2, 0.25) is 0 Å². The average molecular weight is 345 g/mol. The Hall–Kier alpha value is -3.40. The van der Waals surface area contributed by atoms with Gasteiger partial charge in [0.1, 0.15) is 17.3 Å². The fraction of sp³-hybridized carbons (Fsp3) is 0.0909. The molecule has 4 nitrogen and oxygen atoms in total. The summed E-state index contributed by atoms with van der Waals surface area (Å²) in [4.78, 5) is 0. The molecule has 0 fully saturated rings. The highest BCUT2D eigenvalue weighted by atomic mass is 16.3. The maximum atomic E-state index is 10.8. The molecule has 26 heavy (non-hydrogen) atoms. The molecule has 4 rings (SSSR count). The van der Waals surface area contributed by atoms with Crippen molar-refractivity contribution in [2.75, 3.05) is 5.32 Å². The van der Waals surface area contributed by atoms with Gasteiger partial charge in [0.15, 0.2) is 0 Å². The fourth-order valence-corrected chi connectivity index (χ4v) is 3.30. The molecule has 1 aliphatic rings. The zero-order valence-corrected chi connectivity index (χ0v) is 14.2. The fourth-order valence-electron chi connectivity index (χ4n) is 3.30. The molecular formula is C22H19NO3. The van der Waals surface area contributed by atoms with E-state index in [1.165, 1.54) is 0 Å². The zero-order valence-electron chi connectivity index (χ0n) is 14.2. The van der Waals surface area contributed by atoms with Crippen molar-refractivity contribution in [2.45, 2.75) is 12.3 Å². The van der Waals surface area contributed by atoms with Gasteiger partial charge in [-0.2, -0.15) is 0 Å². The van der Waals surface area contributed by atoms with E-state index >= 15 is 0 Å². The van der Waals surface area contributed by atoms with Gasteiger partial charge in [-0.15, -0.1) is 0 Å². The van der Waals surface area contributed by atoms with Gasteiger partial charge in [0.05, 0.1) is 18.4 Å². The van der Waals surface area contributed by atoms with E-state index in [1.807, 2.05) is 54.6 Å². The predicted octanol–water partition coefficient (Wildman–Crippen LogP) is 5.88. The third-order valence-electron chi connectivity index (χ3n) is 4.48. The van der Waals surface area contributed by atoms with Crippen LogP contribution in [0.3, 0.4) is 0 Å². The molecule has 2 N–H and O–H groups in total. The first kappa shape index (κ1) is 16.1. The first-order valence-corrected chi connectivity index (χ1v) is 8.44. The second-order valence-corrected chi connectivity index (χ2v) is 6.19. The molecule has 2 aromatic heterocycles. The smallest absolute Gasteiger partial charge is 0.129 e. The van der Waals surface area contributed by atoms with Gasteiger partial charge in [-0.25, -0.2) is 0 Å². The Balaban J connectivity index is 1.72. The first-order chi connectivity index (χ1) is 12.7. The Bertz CT molecular complexity index is 948. The van der Waals surface area contributed by atoms with Gasteiger partial charge in [-0.3, -0.25) is 0 Å². The van der Waals surface area contributed by atoms with Gasteiger partial charge in [-0.1, -0.05) is 24.8 Å². The molecule has 0 saturated carbocycles. The molecule has 2 heterocycles. The van der Waals surface area contributed by atoms with Crippen LogP contribution in [0.25, 0.3) is 5.57 Å². The summed E-state index contributed by atoms with van der Waals surface area (Å²) in [6.45, 7) is 4.15. The Labute approximate surface area is 151 Å². The molecule has 1 aromatic carbocycles. The number of anilines is 1. The summed E-state index contributed by atoms with van der Waals surface area (Å²) in [5.41, 5.74) is 3.20. The second kappa shape index (κ2) is 6.84. The highest BCUT2D eigenvalue weighted by Gasteiger charge is 2.30. The SMILES string of the molecule is C=C(Nc1ccccc1)C1=C(O)C=C(c2ccco2)CC1c1ccco1. The second-order valence-electron chi connectivity index (χ2n) is 6.19. The number of benzene rings is 1. The van der Waals surface area contributed by atoms with Crippen molar-refractivity contribution in [1.82, 2.24) is 0 Å². The van der Waals surface area contributed by atoms with Gasteiger partial charge >= 0.3 is 0 Å². The van der Waals surface area contributed by atoms with Crippen LogP contribution >= 0.6 is 0 Å². The van der Waals surface area contributed by atoms with Crippen molar-refractivity contribution in [1.29, 1.82) is 0 Å². The zero-order chi connectivity index (χ0) is 17.9. The maximum absolute atomic E-state index is 10.8. The summed E-state index contributed by atoms with van der Waals surface area (Å²) in [7, 11) is 0. The highest BCUT2D eigenvalue weighted by molar-refractivity contribution is 5.70. The van der Waals surface area contributed by atoms with Crippen LogP contribution in [0, 0.1) is 0 Å². The standard InChI is InChI=1S/C22H19NO3/c1-15(23-17-7-3-2-4-8-17)22-18(21-10-6-12-26-21)13-16(14-19(22)24)20-9-5-11-25-20/h2-12,14,18,23-24H,1,13H2. The molecule has 3 aromatic rings. The molecule has 0 saturated heterocycles. The van der Waals surface area contributed by atoms with E-state index in [-0.39, 0.29) is 11.7 Å². The summed E-state index contributed by atoms with van der Waals surface area (Å²) in [5.74, 6) is 1.53. The largest absolute Gasteiger partial charge is 0.508 e. The normalized spacial score (nSPS) is 17.1. The summed E-state index contributed by atoms with van der Waals surface area (Å²) in [6, 6.07) is 17.3. The van der Waals surface area contributed by atoms with Crippen LogP contribution in [0.4, 0.5) is 5.69 Å². The summed E-state index contributed by atoms with van der Waals surface area (Å²) in [5, 5.41) is 14.1. The minimum absolute atomic E-state index is 0.154. The van der Waals surface area contributed by atoms with Crippen molar-refractivity contribution >= 4 is 11.3 Å². The van der Waals surface area contributed by atoms with E-state index in [0.29, 0.717) is 12.1 Å². The molecule has 0 aliphatic heterocycles. The minimum atomic E-state index is -0.154. The highest BCUT2D eigenvalue weighted by Crippen LogP contribution is 2.43. The third kappa shape index (κ3) is 3.09. The lowest BCUT2D eigenvalue weighted by Crippen LogP contribution is -2.15. The lowest BCUT2D eigenvalue weighted by Gasteiger charge is -2.26. The van der Waals surface area contributed by atoms with Crippen LogP contribution in [0.15, 0.2) is 106 Å². The van der Waals surface area contributed by atoms with Gasteiger partial charge in [-0.05, 0) is 54.5 Å². The molecule has 0 spiro atoms. The van der Waals surface area contributed by atoms with Crippen LogP contribution in [-0.4, -0.2) is 5.11 Å².